The van der Waals surface area contributed by atoms with Gasteiger partial charge in [0.1, 0.15) is 0 Å². The molecule has 2 fully saturated rings. The second-order valence-corrected chi connectivity index (χ2v) is 7.92. The van der Waals surface area contributed by atoms with E-state index in [2.05, 4.69) is 55.8 Å². The predicted octanol–water partition coefficient (Wildman–Crippen LogP) is 3.49. The van der Waals surface area contributed by atoms with Crippen LogP contribution in [0.5, 0.6) is 0 Å². The molecule has 0 radical (unpaired) electrons. The van der Waals surface area contributed by atoms with E-state index < -0.39 is 0 Å². The first kappa shape index (κ1) is 22.3. The standard InChI is InChI=1S/C19H27BrN4O2.HI/c1-21-17(23-14-7-11-24(12-8-14)18(25)26-2)22-13-19(9-10-19)15-5-3-4-6-16(15)20;/h3-6,14H,7-13H2,1-2H3,(H2,21,22,23);1H. The van der Waals surface area contributed by atoms with Crippen molar-refractivity contribution in [2.75, 3.05) is 33.8 Å². The first-order valence-corrected chi connectivity index (χ1v) is 9.92. The van der Waals surface area contributed by atoms with Gasteiger partial charge in [0.25, 0.3) is 0 Å². The molecule has 0 unspecified atom stereocenters. The summed E-state index contributed by atoms with van der Waals surface area (Å²) in [4.78, 5) is 17.7. The maximum Gasteiger partial charge on any atom is 0.409 e. The number of benzene rings is 1. The molecule has 1 aliphatic carbocycles. The number of aliphatic imine (C=N–C) groups is 1. The van der Waals surface area contributed by atoms with Crippen molar-refractivity contribution < 1.29 is 9.53 Å². The molecule has 27 heavy (non-hydrogen) atoms. The summed E-state index contributed by atoms with van der Waals surface area (Å²) in [5.41, 5.74) is 1.57. The molecule has 1 aromatic carbocycles. The van der Waals surface area contributed by atoms with E-state index in [-0.39, 0.29) is 35.5 Å². The molecule has 150 valence electrons. The number of carbonyl (C=O) groups excluding carboxylic acids is 1. The van der Waals surface area contributed by atoms with Gasteiger partial charge in [-0.2, -0.15) is 0 Å². The smallest absolute Gasteiger partial charge is 0.409 e. The Bertz CT molecular complexity index is 673. The van der Waals surface area contributed by atoms with Crippen LogP contribution in [0.4, 0.5) is 4.79 Å². The summed E-state index contributed by atoms with van der Waals surface area (Å²) in [6.45, 7) is 2.29. The average Bonchev–Trinajstić information content (AvgIpc) is 3.46. The van der Waals surface area contributed by atoms with Crippen molar-refractivity contribution in [3.05, 3.63) is 34.3 Å². The van der Waals surface area contributed by atoms with Crippen LogP contribution < -0.4 is 10.6 Å². The Labute approximate surface area is 186 Å². The van der Waals surface area contributed by atoms with Crippen LogP contribution in [-0.2, 0) is 10.2 Å². The lowest BCUT2D eigenvalue weighted by Crippen LogP contribution is -2.50. The van der Waals surface area contributed by atoms with Gasteiger partial charge in [-0.15, -0.1) is 24.0 Å². The molecule has 0 aromatic heterocycles. The summed E-state index contributed by atoms with van der Waals surface area (Å²) in [5, 5.41) is 7.00. The SMILES string of the molecule is CN=C(NCC1(c2ccccc2Br)CC1)NC1CCN(C(=O)OC)CC1.I. The third-order valence-electron chi connectivity index (χ3n) is 5.39. The third kappa shape index (κ3) is 5.49. The van der Waals surface area contributed by atoms with Crippen LogP contribution in [0.15, 0.2) is 33.7 Å². The van der Waals surface area contributed by atoms with E-state index in [9.17, 15) is 4.79 Å². The summed E-state index contributed by atoms with van der Waals surface area (Å²) in [6, 6.07) is 8.79. The second-order valence-electron chi connectivity index (χ2n) is 7.06. The Kier molecular flexibility index (Phi) is 8.20. The molecule has 1 amide bonds. The van der Waals surface area contributed by atoms with Crippen molar-refractivity contribution in [1.29, 1.82) is 0 Å². The summed E-state index contributed by atoms with van der Waals surface area (Å²) >= 11 is 3.68. The molecule has 8 heteroatoms. The molecule has 0 spiro atoms. The van der Waals surface area contributed by atoms with Crippen molar-refractivity contribution >= 4 is 52.0 Å². The van der Waals surface area contributed by atoms with Crippen LogP contribution in [0.1, 0.15) is 31.2 Å². The lowest BCUT2D eigenvalue weighted by Gasteiger charge is -2.32. The summed E-state index contributed by atoms with van der Waals surface area (Å²) < 4.78 is 5.97. The zero-order chi connectivity index (χ0) is 18.6. The number of likely N-dealkylation sites (tertiary alicyclic amines) is 1. The van der Waals surface area contributed by atoms with E-state index >= 15 is 0 Å². The van der Waals surface area contributed by atoms with E-state index in [4.69, 9.17) is 4.74 Å². The highest BCUT2D eigenvalue weighted by atomic mass is 127. The maximum atomic E-state index is 11.6. The fraction of sp³-hybridized carbons (Fsp3) is 0.579. The quantitative estimate of drug-likeness (QED) is 0.342. The highest BCUT2D eigenvalue weighted by molar-refractivity contribution is 14.0. The fourth-order valence-electron chi connectivity index (χ4n) is 3.56. The molecule has 3 rings (SSSR count). The van der Waals surface area contributed by atoms with Crippen LogP contribution in [0.2, 0.25) is 0 Å². The molecule has 1 saturated carbocycles. The molecular weight excluding hydrogens is 523 g/mol. The Balaban J connectivity index is 0.00000261. The van der Waals surface area contributed by atoms with E-state index in [1.54, 1.807) is 11.9 Å². The number of ether oxygens (including phenoxy) is 1. The van der Waals surface area contributed by atoms with Crippen molar-refractivity contribution in [1.82, 2.24) is 15.5 Å². The van der Waals surface area contributed by atoms with Gasteiger partial charge in [0.2, 0.25) is 0 Å². The molecule has 1 aliphatic heterocycles. The Morgan fingerprint density at radius 3 is 2.56 bits per heavy atom. The largest absolute Gasteiger partial charge is 0.453 e. The third-order valence-corrected chi connectivity index (χ3v) is 6.08. The zero-order valence-electron chi connectivity index (χ0n) is 15.8. The van der Waals surface area contributed by atoms with E-state index in [1.807, 2.05) is 0 Å². The fourth-order valence-corrected chi connectivity index (χ4v) is 4.27. The number of rotatable bonds is 4. The van der Waals surface area contributed by atoms with Crippen LogP contribution in [0.25, 0.3) is 0 Å². The zero-order valence-corrected chi connectivity index (χ0v) is 19.7. The maximum absolute atomic E-state index is 11.6. The average molecular weight is 551 g/mol. The van der Waals surface area contributed by atoms with Gasteiger partial charge in [-0.25, -0.2) is 4.79 Å². The Morgan fingerprint density at radius 2 is 2.00 bits per heavy atom. The Hall–Kier alpha value is -1.03. The van der Waals surface area contributed by atoms with E-state index in [0.29, 0.717) is 19.1 Å². The molecular formula is C19H28BrIN4O2. The molecule has 2 aliphatic rings. The van der Waals surface area contributed by atoms with Crippen LogP contribution in [0.3, 0.4) is 0 Å². The number of amides is 1. The number of methoxy groups -OCH3 is 1. The van der Waals surface area contributed by atoms with Crippen LogP contribution in [-0.4, -0.2) is 56.8 Å². The number of nitrogens with one attached hydrogen (secondary N) is 2. The van der Waals surface area contributed by atoms with Crippen molar-refractivity contribution in [2.24, 2.45) is 4.99 Å². The number of hydrogen-bond acceptors (Lipinski definition) is 3. The minimum Gasteiger partial charge on any atom is -0.453 e. The van der Waals surface area contributed by atoms with Crippen LogP contribution >= 0.6 is 39.9 Å². The lowest BCUT2D eigenvalue weighted by molar-refractivity contribution is 0.111. The minimum atomic E-state index is -0.241. The minimum absolute atomic E-state index is 0. The van der Waals surface area contributed by atoms with Gasteiger partial charge in [-0.3, -0.25) is 4.99 Å². The van der Waals surface area contributed by atoms with E-state index in [0.717, 1.165) is 25.3 Å². The summed E-state index contributed by atoms with van der Waals surface area (Å²) in [5.74, 6) is 0.833. The lowest BCUT2D eigenvalue weighted by atomic mass is 9.96. The highest BCUT2D eigenvalue weighted by Gasteiger charge is 2.45. The van der Waals surface area contributed by atoms with Crippen LogP contribution in [0, 0.1) is 0 Å². The molecule has 1 heterocycles. The monoisotopic (exact) mass is 550 g/mol. The first-order valence-electron chi connectivity index (χ1n) is 9.13. The molecule has 0 atom stereocenters. The number of guanidine groups is 1. The van der Waals surface area contributed by atoms with Gasteiger partial charge < -0.3 is 20.3 Å². The van der Waals surface area contributed by atoms with Crippen molar-refractivity contribution in [3.8, 4) is 0 Å². The molecule has 2 N–H and O–H groups in total. The predicted molar refractivity (Wildman–Crippen MR) is 122 cm³/mol. The Morgan fingerprint density at radius 1 is 1.33 bits per heavy atom. The topological polar surface area (TPSA) is 66.0 Å². The number of nitrogens with zero attached hydrogens (tertiary/aromatic N) is 2. The van der Waals surface area contributed by atoms with Crippen molar-refractivity contribution in [2.45, 2.75) is 37.1 Å². The molecule has 0 bridgehead atoms. The number of carbonyl (C=O) groups is 1. The van der Waals surface area contributed by atoms with Crippen molar-refractivity contribution in [3.63, 3.8) is 0 Å². The van der Waals surface area contributed by atoms with Gasteiger partial charge in [0.05, 0.1) is 7.11 Å². The van der Waals surface area contributed by atoms with E-state index in [1.165, 1.54) is 30.0 Å². The first-order chi connectivity index (χ1) is 12.6. The van der Waals surface area contributed by atoms with Gasteiger partial charge in [-0.1, -0.05) is 34.1 Å². The summed E-state index contributed by atoms with van der Waals surface area (Å²) in [6.07, 6.45) is 3.93. The highest BCUT2D eigenvalue weighted by Crippen LogP contribution is 2.49. The summed E-state index contributed by atoms with van der Waals surface area (Å²) in [7, 11) is 3.23. The molecule has 6 nitrogen and oxygen atoms in total. The number of piperidine rings is 1. The normalized spacial score (nSPS) is 19.1. The van der Waals surface area contributed by atoms with Gasteiger partial charge >= 0.3 is 6.09 Å². The van der Waals surface area contributed by atoms with Gasteiger partial charge in [0.15, 0.2) is 5.96 Å². The second kappa shape index (κ2) is 9.95. The number of hydrogen-bond donors (Lipinski definition) is 2. The molecule has 1 saturated heterocycles. The van der Waals surface area contributed by atoms with Gasteiger partial charge in [0, 0.05) is 42.6 Å². The van der Waals surface area contributed by atoms with Gasteiger partial charge in [-0.05, 0) is 37.3 Å². The molecule has 1 aromatic rings. The number of halogens is 2.